The Morgan fingerprint density at radius 1 is 1.14 bits per heavy atom. The molecule has 0 unspecified atom stereocenters. The summed E-state index contributed by atoms with van der Waals surface area (Å²) in [6.07, 6.45) is -0.214. The number of hydrazine groups is 1. The summed E-state index contributed by atoms with van der Waals surface area (Å²) in [6.45, 7) is 2.03. The molecule has 9 heteroatoms. The lowest BCUT2D eigenvalue weighted by molar-refractivity contribution is -0.130. The minimum Gasteiger partial charge on any atom is -0.326 e. The molecule has 0 aliphatic carbocycles. The monoisotopic (exact) mass is 414 g/mol. The maximum absolute atomic E-state index is 13.4. The van der Waals surface area contributed by atoms with Crippen LogP contribution >= 0.6 is 12.2 Å². The fourth-order valence-corrected chi connectivity index (χ4v) is 3.35. The number of carbonyl (C=O) groups excluding carboxylic acids is 3. The van der Waals surface area contributed by atoms with Crippen LogP contribution in [0.25, 0.3) is 0 Å². The van der Waals surface area contributed by atoms with Crippen molar-refractivity contribution in [2.24, 2.45) is 0 Å². The van der Waals surface area contributed by atoms with Gasteiger partial charge in [-0.1, -0.05) is 24.3 Å². The number of para-hydroxylation sites is 1. The first-order valence-electron chi connectivity index (χ1n) is 8.96. The number of nitrogens with one attached hydrogen (secondary N) is 2. The minimum atomic E-state index is -0.997. The van der Waals surface area contributed by atoms with Crippen LogP contribution in [-0.2, 0) is 9.59 Å². The van der Waals surface area contributed by atoms with E-state index in [1.54, 1.807) is 31.2 Å². The van der Waals surface area contributed by atoms with E-state index in [4.69, 9.17) is 12.2 Å². The third kappa shape index (κ3) is 4.57. The topological polar surface area (TPSA) is 81.8 Å². The molecule has 1 atom stereocenters. The van der Waals surface area contributed by atoms with Gasteiger partial charge in [-0.25, -0.2) is 9.40 Å². The van der Waals surface area contributed by atoms with E-state index in [2.05, 4.69) is 10.7 Å². The van der Waals surface area contributed by atoms with E-state index in [0.29, 0.717) is 12.2 Å². The molecule has 2 N–H and O–H groups in total. The molecule has 150 valence electrons. The lowest BCUT2D eigenvalue weighted by Crippen LogP contribution is -2.49. The summed E-state index contributed by atoms with van der Waals surface area (Å²) in [5.74, 6) is -1.99. The van der Waals surface area contributed by atoms with E-state index >= 15 is 0 Å². The second-order valence-electron chi connectivity index (χ2n) is 6.32. The average Bonchev–Trinajstić information content (AvgIpc) is 2.92. The predicted octanol–water partition coefficient (Wildman–Crippen LogP) is 2.32. The van der Waals surface area contributed by atoms with Crippen LogP contribution in [-0.4, -0.2) is 45.3 Å². The molecule has 1 aliphatic heterocycles. The molecule has 0 radical (unpaired) electrons. The van der Waals surface area contributed by atoms with E-state index in [1.165, 1.54) is 28.1 Å². The highest BCUT2D eigenvalue weighted by molar-refractivity contribution is 7.80. The van der Waals surface area contributed by atoms with Gasteiger partial charge in [0.1, 0.15) is 11.9 Å². The lowest BCUT2D eigenvalue weighted by Gasteiger charge is -2.24. The number of rotatable bonds is 6. The van der Waals surface area contributed by atoms with Gasteiger partial charge in [0, 0.05) is 17.8 Å². The summed E-state index contributed by atoms with van der Waals surface area (Å²) < 4.78 is 13.4. The second-order valence-corrected chi connectivity index (χ2v) is 6.69. The highest BCUT2D eigenvalue weighted by Crippen LogP contribution is 2.20. The van der Waals surface area contributed by atoms with Crippen LogP contribution in [0.1, 0.15) is 23.7 Å². The normalized spacial score (nSPS) is 16.1. The molecular weight excluding hydrogens is 395 g/mol. The molecule has 0 spiro atoms. The van der Waals surface area contributed by atoms with Crippen LogP contribution in [0.3, 0.4) is 0 Å². The summed E-state index contributed by atoms with van der Waals surface area (Å²) in [6, 6.07) is 12.9. The Morgan fingerprint density at radius 3 is 2.52 bits per heavy atom. The van der Waals surface area contributed by atoms with Crippen molar-refractivity contribution in [3.8, 4) is 0 Å². The summed E-state index contributed by atoms with van der Waals surface area (Å²) >= 11 is 5.30. The van der Waals surface area contributed by atoms with Gasteiger partial charge >= 0.3 is 0 Å². The molecule has 1 aliphatic rings. The SMILES string of the molecule is CCN1C(=O)[C@H](CC(=O)Nc2ccccc2)N(NC(=O)c2cccc(F)c2)C1=S. The maximum Gasteiger partial charge on any atom is 0.269 e. The highest BCUT2D eigenvalue weighted by Gasteiger charge is 2.43. The first-order chi connectivity index (χ1) is 13.9. The van der Waals surface area contributed by atoms with Crippen LogP contribution in [0.5, 0.6) is 0 Å². The molecular formula is C20H19FN4O3S. The Labute approximate surface area is 172 Å². The molecule has 2 aromatic carbocycles. The zero-order valence-electron chi connectivity index (χ0n) is 15.6. The number of carbonyl (C=O) groups is 3. The predicted molar refractivity (Wildman–Crippen MR) is 109 cm³/mol. The second kappa shape index (κ2) is 8.78. The van der Waals surface area contributed by atoms with E-state index in [1.807, 2.05) is 6.07 Å². The van der Waals surface area contributed by atoms with Gasteiger partial charge < -0.3 is 5.32 Å². The summed E-state index contributed by atoms with van der Waals surface area (Å²) in [5, 5.41) is 3.98. The molecule has 1 saturated heterocycles. The number of benzene rings is 2. The maximum atomic E-state index is 13.4. The Morgan fingerprint density at radius 2 is 1.86 bits per heavy atom. The number of halogens is 1. The number of hydrogen-bond acceptors (Lipinski definition) is 4. The van der Waals surface area contributed by atoms with E-state index in [9.17, 15) is 18.8 Å². The van der Waals surface area contributed by atoms with Crippen molar-refractivity contribution in [1.29, 1.82) is 0 Å². The van der Waals surface area contributed by atoms with Crippen LogP contribution in [0.4, 0.5) is 10.1 Å². The zero-order chi connectivity index (χ0) is 21.0. The van der Waals surface area contributed by atoms with Crippen LogP contribution in [0.15, 0.2) is 54.6 Å². The van der Waals surface area contributed by atoms with E-state index < -0.39 is 23.7 Å². The Kier molecular flexibility index (Phi) is 6.18. The third-order valence-corrected chi connectivity index (χ3v) is 4.78. The Bertz CT molecular complexity index is 954. The number of amides is 3. The molecule has 29 heavy (non-hydrogen) atoms. The van der Waals surface area contributed by atoms with Crippen molar-refractivity contribution < 1.29 is 18.8 Å². The van der Waals surface area contributed by atoms with Gasteiger partial charge in [0.05, 0.1) is 6.42 Å². The number of nitrogens with zero attached hydrogens (tertiary/aromatic N) is 2. The molecule has 1 heterocycles. The van der Waals surface area contributed by atoms with Crippen LogP contribution < -0.4 is 10.7 Å². The fourth-order valence-electron chi connectivity index (χ4n) is 2.96. The van der Waals surface area contributed by atoms with Crippen molar-refractivity contribution in [1.82, 2.24) is 15.3 Å². The van der Waals surface area contributed by atoms with Gasteiger partial charge in [0.2, 0.25) is 5.91 Å². The van der Waals surface area contributed by atoms with Gasteiger partial charge in [0.25, 0.3) is 11.8 Å². The molecule has 0 aromatic heterocycles. The van der Waals surface area contributed by atoms with Gasteiger partial charge in [-0.15, -0.1) is 0 Å². The lowest BCUT2D eigenvalue weighted by atomic mass is 10.1. The van der Waals surface area contributed by atoms with Crippen molar-refractivity contribution in [3.05, 3.63) is 66.0 Å². The van der Waals surface area contributed by atoms with Gasteiger partial charge in [-0.2, -0.15) is 0 Å². The molecule has 3 rings (SSSR count). The highest BCUT2D eigenvalue weighted by atomic mass is 32.1. The number of hydrogen-bond donors (Lipinski definition) is 2. The number of anilines is 1. The molecule has 0 bridgehead atoms. The summed E-state index contributed by atoms with van der Waals surface area (Å²) in [4.78, 5) is 39.0. The van der Waals surface area contributed by atoms with Gasteiger partial charge in [-0.3, -0.25) is 24.7 Å². The quantitative estimate of drug-likeness (QED) is 0.709. The van der Waals surface area contributed by atoms with E-state index in [0.717, 1.165) is 6.07 Å². The molecule has 0 saturated carbocycles. The minimum absolute atomic E-state index is 0.0719. The molecule has 3 amide bonds. The molecule has 2 aromatic rings. The van der Waals surface area contributed by atoms with E-state index in [-0.39, 0.29) is 23.0 Å². The summed E-state index contributed by atoms with van der Waals surface area (Å²) in [5.41, 5.74) is 3.19. The zero-order valence-corrected chi connectivity index (χ0v) is 16.4. The first kappa shape index (κ1) is 20.4. The summed E-state index contributed by atoms with van der Waals surface area (Å²) in [7, 11) is 0. The molecule has 1 fully saturated rings. The van der Waals surface area contributed by atoms with Crippen molar-refractivity contribution >= 4 is 40.7 Å². The fraction of sp³-hybridized carbons (Fsp3) is 0.200. The third-order valence-electron chi connectivity index (χ3n) is 4.36. The van der Waals surface area contributed by atoms with Crippen LogP contribution in [0, 0.1) is 5.82 Å². The van der Waals surface area contributed by atoms with Crippen molar-refractivity contribution in [2.75, 3.05) is 11.9 Å². The average molecular weight is 414 g/mol. The molecule has 7 nitrogen and oxygen atoms in total. The Balaban J connectivity index is 1.77. The number of thiocarbonyl (C=S) groups is 1. The van der Waals surface area contributed by atoms with Gasteiger partial charge in [-0.05, 0) is 49.5 Å². The smallest absolute Gasteiger partial charge is 0.269 e. The largest absolute Gasteiger partial charge is 0.326 e. The Hall–Kier alpha value is -3.33. The van der Waals surface area contributed by atoms with Gasteiger partial charge in [0.15, 0.2) is 5.11 Å². The standard InChI is InChI=1S/C20H19FN4O3S/c1-2-24-19(28)16(12-17(26)22-15-9-4-3-5-10-15)25(20(24)29)23-18(27)13-7-6-8-14(21)11-13/h3-11,16H,2,12H2,1H3,(H,22,26)(H,23,27)/t16-/m0/s1. The van der Waals surface area contributed by atoms with Crippen molar-refractivity contribution in [2.45, 2.75) is 19.4 Å². The van der Waals surface area contributed by atoms with Crippen LogP contribution in [0.2, 0.25) is 0 Å². The number of likely N-dealkylation sites (N-methyl/N-ethyl adjacent to an activating group) is 1. The van der Waals surface area contributed by atoms with Crippen molar-refractivity contribution in [3.63, 3.8) is 0 Å². The first-order valence-corrected chi connectivity index (χ1v) is 9.37.